The van der Waals surface area contributed by atoms with Crippen LogP contribution in [0.25, 0.3) is 22.3 Å². The number of amides is 6. The van der Waals surface area contributed by atoms with E-state index in [9.17, 15) is 28.8 Å². The van der Waals surface area contributed by atoms with Crippen LogP contribution in [0.15, 0.2) is 146 Å². The van der Waals surface area contributed by atoms with E-state index in [4.69, 9.17) is 42.4 Å². The van der Waals surface area contributed by atoms with Crippen LogP contribution in [-0.4, -0.2) is 81.7 Å². The molecule has 0 saturated heterocycles. The van der Waals surface area contributed by atoms with Crippen molar-refractivity contribution in [3.05, 3.63) is 190 Å². The van der Waals surface area contributed by atoms with Crippen LogP contribution >= 0.6 is 23.2 Å². The van der Waals surface area contributed by atoms with Crippen molar-refractivity contribution in [1.29, 1.82) is 0 Å². The summed E-state index contributed by atoms with van der Waals surface area (Å²) < 4.78 is 15.4. The molecular formula is C67H68Cl2N10O10. The number of urea groups is 2. The van der Waals surface area contributed by atoms with Crippen LogP contribution < -0.4 is 40.9 Å². The summed E-state index contributed by atoms with van der Waals surface area (Å²) in [6.07, 6.45) is 12.0. The fourth-order valence-corrected chi connectivity index (χ4v) is 11.3. The zero-order valence-electron chi connectivity index (χ0n) is 49.4. The highest BCUT2D eigenvalue weighted by Gasteiger charge is 2.27. The van der Waals surface area contributed by atoms with Gasteiger partial charge >= 0.3 is 24.0 Å². The van der Waals surface area contributed by atoms with E-state index < -0.39 is 24.0 Å². The normalized spacial score (nSPS) is 12.5. The van der Waals surface area contributed by atoms with Gasteiger partial charge in [0.05, 0.1) is 38.7 Å². The van der Waals surface area contributed by atoms with Crippen molar-refractivity contribution < 1.29 is 47.9 Å². The maximum absolute atomic E-state index is 13.5. The number of carbonyl (C=O) groups excluding carboxylic acids is 6. The van der Waals surface area contributed by atoms with Gasteiger partial charge in [0.15, 0.2) is 0 Å². The van der Waals surface area contributed by atoms with E-state index in [-0.39, 0.29) is 31.1 Å². The first-order valence-corrected chi connectivity index (χ1v) is 30.4. The van der Waals surface area contributed by atoms with E-state index >= 15 is 0 Å². The van der Waals surface area contributed by atoms with Gasteiger partial charge in [-0.1, -0.05) is 96.0 Å². The van der Waals surface area contributed by atoms with Gasteiger partial charge in [0.1, 0.15) is 11.5 Å². The second kappa shape index (κ2) is 29.8. The SMILES string of the molecule is Cc1c(Cl)cccc1OCCCC(=O)N1CCCc2c(-c3cnn(Cc4ccccc4NC(=O)NOC(=O)CCCC(=O)ONC(=O)Nc4ccccc4Cn4cc(-c5cccc6c5CCCN6C(=O)CCCOc5cccc(Cl)c5C)cn4)c3)cccc21. The summed E-state index contributed by atoms with van der Waals surface area (Å²) in [6, 6.07) is 35.7. The highest BCUT2D eigenvalue weighted by atomic mass is 35.5. The Morgan fingerprint density at radius 1 is 0.506 bits per heavy atom. The number of hydrogen-bond acceptors (Lipinski definition) is 12. The summed E-state index contributed by atoms with van der Waals surface area (Å²) in [7, 11) is 0. The predicted octanol–water partition coefficient (Wildman–Crippen LogP) is 12.7. The molecule has 0 radical (unpaired) electrons. The average Bonchev–Trinajstić information content (AvgIpc) is 2.29. The molecule has 4 N–H and O–H groups in total. The number of anilines is 4. The average molecular weight is 1240 g/mol. The second-order valence-electron chi connectivity index (χ2n) is 21.6. The molecule has 0 spiro atoms. The number of hydroxylamine groups is 2. The molecule has 0 fully saturated rings. The third-order valence-corrected chi connectivity index (χ3v) is 16.3. The number of fused-ring (bicyclic) bond motifs is 2. The minimum atomic E-state index is -0.803. The van der Waals surface area contributed by atoms with E-state index in [1.165, 1.54) is 0 Å². The Labute approximate surface area is 525 Å². The summed E-state index contributed by atoms with van der Waals surface area (Å²) in [5.74, 6) is -0.106. The van der Waals surface area contributed by atoms with Crippen LogP contribution in [0.5, 0.6) is 11.5 Å². The Hall–Kier alpha value is -9.66. The Kier molecular flexibility index (Phi) is 20.9. The smallest absolute Gasteiger partial charge is 0.352 e. The lowest BCUT2D eigenvalue weighted by molar-refractivity contribution is -0.150. The molecule has 0 bridgehead atoms. The molecule has 0 unspecified atom stereocenters. The number of nitrogens with zero attached hydrogens (tertiary/aromatic N) is 6. The summed E-state index contributed by atoms with van der Waals surface area (Å²) in [6.45, 7) is 6.47. The first-order valence-electron chi connectivity index (χ1n) is 29.6. The maximum Gasteiger partial charge on any atom is 0.352 e. The lowest BCUT2D eigenvalue weighted by Crippen LogP contribution is -2.35. The van der Waals surface area contributed by atoms with E-state index in [1.807, 2.05) is 133 Å². The fourth-order valence-electron chi connectivity index (χ4n) is 10.9. The van der Waals surface area contributed by atoms with Crippen LogP contribution in [0.2, 0.25) is 10.0 Å². The van der Waals surface area contributed by atoms with Crippen molar-refractivity contribution in [3.63, 3.8) is 0 Å². The molecule has 460 valence electrons. The van der Waals surface area contributed by atoms with Crippen molar-refractivity contribution >= 4 is 81.8 Å². The molecule has 4 heterocycles. The molecule has 89 heavy (non-hydrogen) atoms. The van der Waals surface area contributed by atoms with Gasteiger partial charge in [-0.15, -0.1) is 0 Å². The molecule has 10 rings (SSSR count). The molecule has 2 aliphatic rings. The zero-order valence-corrected chi connectivity index (χ0v) is 50.9. The number of halogens is 2. The third-order valence-electron chi connectivity index (χ3n) is 15.5. The monoisotopic (exact) mass is 1240 g/mol. The Bertz CT molecular complexity index is 3640. The zero-order chi connectivity index (χ0) is 62.2. The molecule has 8 aromatic rings. The number of hydrogen-bond donors (Lipinski definition) is 4. The van der Waals surface area contributed by atoms with Gasteiger partial charge in [0.2, 0.25) is 11.8 Å². The number of ether oxygens (including phenoxy) is 2. The van der Waals surface area contributed by atoms with E-state index in [2.05, 4.69) is 31.8 Å². The molecule has 2 aromatic heterocycles. The van der Waals surface area contributed by atoms with E-state index in [0.29, 0.717) is 98.0 Å². The molecule has 2 aliphatic heterocycles. The topological polar surface area (TPSA) is 230 Å². The van der Waals surface area contributed by atoms with Crippen LogP contribution in [0.3, 0.4) is 0 Å². The summed E-state index contributed by atoms with van der Waals surface area (Å²) >= 11 is 12.5. The summed E-state index contributed by atoms with van der Waals surface area (Å²) in [5, 5.41) is 16.0. The molecule has 0 atom stereocenters. The number of carbonyl (C=O) groups is 6. The number of rotatable bonds is 22. The molecule has 6 amide bonds. The van der Waals surface area contributed by atoms with Crippen molar-refractivity contribution in [2.24, 2.45) is 0 Å². The van der Waals surface area contributed by atoms with E-state index in [0.717, 1.165) is 92.7 Å². The van der Waals surface area contributed by atoms with Gasteiger partial charge in [0.25, 0.3) is 0 Å². The largest absolute Gasteiger partial charge is 0.493 e. The summed E-state index contributed by atoms with van der Waals surface area (Å²) in [5.41, 5.74) is 16.0. The Balaban J connectivity index is 0.632. The second-order valence-corrected chi connectivity index (χ2v) is 22.4. The number of aromatic nitrogens is 4. The lowest BCUT2D eigenvalue weighted by Gasteiger charge is -2.31. The summed E-state index contributed by atoms with van der Waals surface area (Å²) in [4.78, 5) is 91.8. The van der Waals surface area contributed by atoms with Crippen molar-refractivity contribution in [1.82, 2.24) is 30.5 Å². The first kappa shape index (κ1) is 62.4. The molecular weight excluding hydrogens is 1180 g/mol. The Morgan fingerprint density at radius 2 is 0.933 bits per heavy atom. The minimum Gasteiger partial charge on any atom is -0.493 e. The quantitative estimate of drug-likeness (QED) is 0.0367. The maximum atomic E-state index is 13.5. The third kappa shape index (κ3) is 16.1. The fraction of sp³-hybridized carbons (Fsp3) is 0.284. The standard InChI is InChI=1S/C67H68Cl2N10O10/c1-44-54(68)22-9-28-60(44)86-36-14-30-62(80)78-34-12-20-52-50(18-7-26-58(52)78)48-38-70-76(42-48)40-46-16-3-5-24-56(46)72-66(84)74-88-64(82)32-11-33-65(83)89-75-67(85)73-57-25-6-4-17-47(57)41-77-43-49(39-71-77)51-19-8-27-59-53(51)21-13-35-79(59)63(81)31-15-37-87-61-29-10-23-55(69)45(61)2/h3-10,16-19,22-29,38-39,42-43H,11-15,20-21,30-37,40-41H2,1-2H3,(H2,72,74,84)(H2,73,75,85). The van der Waals surface area contributed by atoms with Gasteiger partial charge in [0, 0.05) is 106 Å². The molecule has 6 aromatic carbocycles. The highest BCUT2D eigenvalue weighted by Crippen LogP contribution is 2.38. The van der Waals surface area contributed by atoms with Crippen LogP contribution in [0, 0.1) is 13.8 Å². The van der Waals surface area contributed by atoms with Gasteiger partial charge < -0.3 is 39.6 Å². The lowest BCUT2D eigenvalue weighted by atomic mass is 9.93. The Morgan fingerprint density at radius 3 is 1.38 bits per heavy atom. The van der Waals surface area contributed by atoms with Crippen molar-refractivity contribution in [2.45, 2.75) is 97.6 Å². The van der Waals surface area contributed by atoms with Crippen LogP contribution in [0.4, 0.5) is 32.3 Å². The van der Waals surface area contributed by atoms with Gasteiger partial charge in [-0.3, -0.25) is 19.0 Å². The first-order chi connectivity index (χ1) is 43.3. The number of para-hydroxylation sites is 2. The predicted molar refractivity (Wildman–Crippen MR) is 340 cm³/mol. The van der Waals surface area contributed by atoms with Gasteiger partial charge in [-0.2, -0.15) is 21.2 Å². The number of benzene rings is 6. The van der Waals surface area contributed by atoms with Crippen molar-refractivity contribution in [2.75, 3.05) is 46.7 Å². The molecule has 0 saturated carbocycles. The molecule has 22 heteroatoms. The van der Waals surface area contributed by atoms with Crippen molar-refractivity contribution in [3.8, 4) is 33.8 Å². The van der Waals surface area contributed by atoms with E-state index in [1.54, 1.807) is 46.0 Å². The highest BCUT2D eigenvalue weighted by molar-refractivity contribution is 6.31. The van der Waals surface area contributed by atoms with Crippen LogP contribution in [-0.2, 0) is 54.8 Å². The number of nitrogens with one attached hydrogen (secondary N) is 4. The molecule has 20 nitrogen and oxygen atoms in total. The molecule has 0 aliphatic carbocycles. The van der Waals surface area contributed by atoms with Gasteiger partial charge in [-0.05, 0) is 141 Å². The van der Waals surface area contributed by atoms with Gasteiger partial charge in [-0.25, -0.2) is 19.2 Å². The minimum absolute atomic E-state index is 0.00163. The van der Waals surface area contributed by atoms with Crippen LogP contribution in [0.1, 0.15) is 91.2 Å².